The van der Waals surface area contributed by atoms with E-state index < -0.39 is 17.9 Å². The van der Waals surface area contributed by atoms with Gasteiger partial charge in [0.2, 0.25) is 0 Å². The number of carboxylic acids is 1. The molecule has 0 aliphatic heterocycles. The molecule has 4 nitrogen and oxygen atoms in total. The van der Waals surface area contributed by atoms with Crippen LogP contribution < -0.4 is 5.32 Å². The second-order valence-electron chi connectivity index (χ2n) is 3.99. The minimum atomic E-state index is -1.02. The summed E-state index contributed by atoms with van der Waals surface area (Å²) in [5, 5.41) is 11.8. The third-order valence-corrected chi connectivity index (χ3v) is 2.90. The highest BCUT2D eigenvalue weighted by molar-refractivity contribution is 6.33. The fourth-order valence-corrected chi connectivity index (χ4v) is 1.77. The van der Waals surface area contributed by atoms with E-state index in [0.717, 1.165) is 12.8 Å². The van der Waals surface area contributed by atoms with Gasteiger partial charge in [-0.1, -0.05) is 43.5 Å². The van der Waals surface area contributed by atoms with Crippen LogP contribution in [0, 0.1) is 0 Å². The normalized spacial score (nSPS) is 11.9. The molecule has 5 heteroatoms. The highest BCUT2D eigenvalue weighted by atomic mass is 35.5. The van der Waals surface area contributed by atoms with E-state index in [1.807, 2.05) is 6.92 Å². The molecular weight excluding hydrogens is 254 g/mol. The maximum absolute atomic E-state index is 11.9. The topological polar surface area (TPSA) is 66.4 Å². The molecule has 0 aliphatic carbocycles. The van der Waals surface area contributed by atoms with Gasteiger partial charge in [0.25, 0.3) is 5.91 Å². The fraction of sp³-hybridized carbons (Fsp3) is 0.385. The number of aliphatic carboxylic acids is 1. The molecule has 0 radical (unpaired) electrons. The first kappa shape index (κ1) is 14.5. The molecule has 1 aromatic rings. The van der Waals surface area contributed by atoms with Gasteiger partial charge in [-0.3, -0.25) is 4.79 Å². The molecule has 1 rings (SSSR count). The Kier molecular flexibility index (Phi) is 5.65. The van der Waals surface area contributed by atoms with E-state index >= 15 is 0 Å². The van der Waals surface area contributed by atoms with Crippen LogP contribution in [0.3, 0.4) is 0 Å². The van der Waals surface area contributed by atoms with Gasteiger partial charge in [-0.05, 0) is 18.6 Å². The van der Waals surface area contributed by atoms with Gasteiger partial charge in [-0.25, -0.2) is 4.79 Å². The lowest BCUT2D eigenvalue weighted by atomic mass is 10.1. The first-order valence-electron chi connectivity index (χ1n) is 5.84. The van der Waals surface area contributed by atoms with Crippen molar-refractivity contribution < 1.29 is 14.7 Å². The number of halogens is 1. The predicted octanol–water partition coefficient (Wildman–Crippen LogP) is 2.71. The van der Waals surface area contributed by atoms with Crippen molar-refractivity contribution in [2.75, 3.05) is 0 Å². The fourth-order valence-electron chi connectivity index (χ4n) is 1.55. The quantitative estimate of drug-likeness (QED) is 0.834. The van der Waals surface area contributed by atoms with Crippen molar-refractivity contribution in [1.82, 2.24) is 5.32 Å². The first-order valence-corrected chi connectivity index (χ1v) is 6.22. The van der Waals surface area contributed by atoms with Crippen LogP contribution >= 0.6 is 11.6 Å². The van der Waals surface area contributed by atoms with Gasteiger partial charge in [0.1, 0.15) is 6.04 Å². The third-order valence-electron chi connectivity index (χ3n) is 2.57. The van der Waals surface area contributed by atoms with Crippen LogP contribution in [0.25, 0.3) is 0 Å². The molecule has 0 aromatic heterocycles. The molecule has 98 valence electrons. The summed E-state index contributed by atoms with van der Waals surface area (Å²) in [4.78, 5) is 22.9. The Morgan fingerprint density at radius 2 is 2.06 bits per heavy atom. The van der Waals surface area contributed by atoms with E-state index in [1.165, 1.54) is 0 Å². The molecular formula is C13H16ClNO3. The van der Waals surface area contributed by atoms with Crippen molar-refractivity contribution in [2.45, 2.75) is 32.2 Å². The van der Waals surface area contributed by atoms with Crippen LogP contribution in [0.2, 0.25) is 5.02 Å². The molecule has 0 unspecified atom stereocenters. The molecule has 0 heterocycles. The number of carboxylic acid groups (broad SMARTS) is 1. The Morgan fingerprint density at radius 1 is 1.39 bits per heavy atom. The second-order valence-corrected chi connectivity index (χ2v) is 4.39. The second kappa shape index (κ2) is 7.01. The summed E-state index contributed by atoms with van der Waals surface area (Å²) in [5.74, 6) is -1.48. The Hall–Kier alpha value is -1.55. The number of rotatable bonds is 6. The van der Waals surface area contributed by atoms with Crippen molar-refractivity contribution in [1.29, 1.82) is 0 Å². The maximum Gasteiger partial charge on any atom is 0.326 e. The lowest BCUT2D eigenvalue weighted by Crippen LogP contribution is -2.40. The Morgan fingerprint density at radius 3 is 2.61 bits per heavy atom. The summed E-state index contributed by atoms with van der Waals surface area (Å²) >= 11 is 5.88. The van der Waals surface area contributed by atoms with Gasteiger partial charge >= 0.3 is 5.97 Å². The van der Waals surface area contributed by atoms with Crippen molar-refractivity contribution in [3.63, 3.8) is 0 Å². The van der Waals surface area contributed by atoms with E-state index in [0.29, 0.717) is 17.0 Å². The number of amides is 1. The molecule has 1 amide bonds. The van der Waals surface area contributed by atoms with Crippen LogP contribution in [0.15, 0.2) is 24.3 Å². The minimum absolute atomic E-state index is 0.293. The van der Waals surface area contributed by atoms with Gasteiger partial charge < -0.3 is 10.4 Å². The lowest BCUT2D eigenvalue weighted by Gasteiger charge is -2.14. The van der Waals surface area contributed by atoms with E-state index in [4.69, 9.17) is 16.7 Å². The molecule has 0 saturated carbocycles. The number of carbonyl (C=O) groups is 2. The van der Waals surface area contributed by atoms with Crippen LogP contribution in [-0.2, 0) is 4.79 Å². The molecule has 18 heavy (non-hydrogen) atoms. The number of carbonyl (C=O) groups excluding carboxylic acids is 1. The number of benzene rings is 1. The van der Waals surface area contributed by atoms with E-state index in [2.05, 4.69) is 5.32 Å². The molecule has 0 saturated heterocycles. The standard InChI is InChI=1S/C13H16ClNO3/c1-2-3-8-11(13(17)18)15-12(16)9-6-4-5-7-10(9)14/h4-7,11H,2-3,8H2,1H3,(H,15,16)(H,17,18)/t11-/m0/s1. The van der Waals surface area contributed by atoms with Crippen molar-refractivity contribution in [3.05, 3.63) is 34.9 Å². The zero-order valence-corrected chi connectivity index (χ0v) is 10.9. The SMILES string of the molecule is CCCC[C@H](NC(=O)c1ccccc1Cl)C(=O)O. The van der Waals surface area contributed by atoms with Crippen LogP contribution in [-0.4, -0.2) is 23.0 Å². The van der Waals surface area contributed by atoms with Gasteiger partial charge in [-0.15, -0.1) is 0 Å². The van der Waals surface area contributed by atoms with Crippen LogP contribution in [0.1, 0.15) is 36.5 Å². The zero-order valence-electron chi connectivity index (χ0n) is 10.1. The smallest absolute Gasteiger partial charge is 0.326 e. The number of hydrogen-bond donors (Lipinski definition) is 2. The van der Waals surface area contributed by atoms with Gasteiger partial charge in [-0.2, -0.15) is 0 Å². The van der Waals surface area contributed by atoms with E-state index in [9.17, 15) is 9.59 Å². The first-order chi connectivity index (χ1) is 8.56. The molecule has 0 fully saturated rings. The average molecular weight is 270 g/mol. The van der Waals surface area contributed by atoms with Gasteiger partial charge in [0, 0.05) is 0 Å². The number of unbranched alkanes of at least 4 members (excludes halogenated alkanes) is 1. The summed E-state index contributed by atoms with van der Waals surface area (Å²) in [6.45, 7) is 1.97. The predicted molar refractivity (Wildman–Crippen MR) is 69.9 cm³/mol. The Bertz CT molecular complexity index is 434. The minimum Gasteiger partial charge on any atom is -0.480 e. The Balaban J connectivity index is 2.72. The zero-order chi connectivity index (χ0) is 13.5. The molecule has 0 aliphatic rings. The summed E-state index contributed by atoms with van der Waals surface area (Å²) < 4.78 is 0. The van der Waals surface area contributed by atoms with Gasteiger partial charge in [0.15, 0.2) is 0 Å². The van der Waals surface area contributed by atoms with Crippen molar-refractivity contribution >= 4 is 23.5 Å². The van der Waals surface area contributed by atoms with E-state index in [-0.39, 0.29) is 0 Å². The molecule has 1 aromatic carbocycles. The monoisotopic (exact) mass is 269 g/mol. The average Bonchev–Trinajstić information content (AvgIpc) is 2.34. The summed E-state index contributed by atoms with van der Waals surface area (Å²) in [6.07, 6.45) is 2.05. The van der Waals surface area contributed by atoms with Gasteiger partial charge in [0.05, 0.1) is 10.6 Å². The number of hydrogen-bond acceptors (Lipinski definition) is 2. The van der Waals surface area contributed by atoms with Crippen molar-refractivity contribution in [2.24, 2.45) is 0 Å². The molecule has 0 spiro atoms. The Labute approximate surface area is 111 Å². The maximum atomic E-state index is 11.9. The van der Waals surface area contributed by atoms with Crippen LogP contribution in [0.5, 0.6) is 0 Å². The lowest BCUT2D eigenvalue weighted by molar-refractivity contribution is -0.139. The number of nitrogens with one attached hydrogen (secondary N) is 1. The highest BCUT2D eigenvalue weighted by Crippen LogP contribution is 2.15. The third kappa shape index (κ3) is 4.04. The highest BCUT2D eigenvalue weighted by Gasteiger charge is 2.20. The largest absolute Gasteiger partial charge is 0.480 e. The van der Waals surface area contributed by atoms with Crippen LogP contribution in [0.4, 0.5) is 0 Å². The molecule has 1 atom stereocenters. The van der Waals surface area contributed by atoms with Crippen molar-refractivity contribution in [3.8, 4) is 0 Å². The molecule has 0 bridgehead atoms. The van der Waals surface area contributed by atoms with E-state index in [1.54, 1.807) is 24.3 Å². The summed E-state index contributed by atoms with van der Waals surface area (Å²) in [7, 11) is 0. The summed E-state index contributed by atoms with van der Waals surface area (Å²) in [5.41, 5.74) is 0.293. The summed E-state index contributed by atoms with van der Waals surface area (Å²) in [6, 6.07) is 5.69. The molecule has 2 N–H and O–H groups in total.